The van der Waals surface area contributed by atoms with E-state index in [4.69, 9.17) is 5.26 Å². The van der Waals surface area contributed by atoms with Crippen LogP contribution in [0.3, 0.4) is 0 Å². The van der Waals surface area contributed by atoms with Crippen LogP contribution in [0.5, 0.6) is 0 Å². The van der Waals surface area contributed by atoms with Crippen molar-refractivity contribution in [3.05, 3.63) is 29.8 Å². The fourth-order valence-corrected chi connectivity index (χ4v) is 2.53. The third-order valence-electron chi connectivity index (χ3n) is 3.81. The summed E-state index contributed by atoms with van der Waals surface area (Å²) in [5.41, 5.74) is 1.93. The van der Waals surface area contributed by atoms with E-state index in [1.807, 2.05) is 24.3 Å². The van der Waals surface area contributed by atoms with Gasteiger partial charge >= 0.3 is 0 Å². The fraction of sp³-hybridized carbons (Fsp3) is 0.533. The molecule has 0 saturated carbocycles. The molecule has 0 aliphatic carbocycles. The van der Waals surface area contributed by atoms with Crippen LogP contribution in [0.4, 0.5) is 5.69 Å². The highest BCUT2D eigenvalue weighted by Crippen LogP contribution is 2.20. The van der Waals surface area contributed by atoms with Gasteiger partial charge in [-0.2, -0.15) is 5.26 Å². The quantitative estimate of drug-likeness (QED) is 0.816. The number of hydrogen-bond donors (Lipinski definition) is 0. The van der Waals surface area contributed by atoms with Crippen LogP contribution < -0.4 is 4.90 Å². The van der Waals surface area contributed by atoms with Crippen LogP contribution in [0.1, 0.15) is 18.4 Å². The lowest BCUT2D eigenvalue weighted by molar-refractivity contribution is 0.222. The second-order valence-electron chi connectivity index (χ2n) is 5.29. The van der Waals surface area contributed by atoms with Crippen molar-refractivity contribution in [1.82, 2.24) is 4.90 Å². The number of hydrogen-bond acceptors (Lipinski definition) is 3. The fourth-order valence-electron chi connectivity index (χ4n) is 2.53. The molecule has 0 amide bonds. The number of piperidine rings is 1. The average molecular weight is 243 g/mol. The van der Waals surface area contributed by atoms with Gasteiger partial charge in [0.25, 0.3) is 0 Å². The molecule has 1 aliphatic rings. The summed E-state index contributed by atoms with van der Waals surface area (Å²) in [7, 11) is 4.33. The van der Waals surface area contributed by atoms with Crippen LogP contribution in [-0.4, -0.2) is 38.6 Å². The monoisotopic (exact) mass is 243 g/mol. The van der Waals surface area contributed by atoms with Gasteiger partial charge in [0.15, 0.2) is 0 Å². The maximum absolute atomic E-state index is 8.78. The molecule has 3 heteroatoms. The highest BCUT2D eigenvalue weighted by molar-refractivity contribution is 5.49. The summed E-state index contributed by atoms with van der Waals surface area (Å²) >= 11 is 0. The smallest absolute Gasteiger partial charge is 0.0991 e. The molecule has 0 N–H and O–H groups in total. The van der Waals surface area contributed by atoms with Crippen LogP contribution in [0.15, 0.2) is 24.3 Å². The molecular formula is C15H21N3. The molecule has 1 fully saturated rings. The lowest BCUT2D eigenvalue weighted by Gasteiger charge is -2.32. The molecule has 0 aromatic heterocycles. The van der Waals surface area contributed by atoms with Crippen molar-refractivity contribution in [3.8, 4) is 6.07 Å². The van der Waals surface area contributed by atoms with E-state index in [2.05, 4.69) is 30.0 Å². The number of anilines is 1. The minimum Gasteiger partial charge on any atom is -0.374 e. The number of nitriles is 1. The van der Waals surface area contributed by atoms with Gasteiger partial charge < -0.3 is 9.80 Å². The number of likely N-dealkylation sites (tertiary alicyclic amines) is 1. The first kappa shape index (κ1) is 12.9. The zero-order chi connectivity index (χ0) is 13.0. The largest absolute Gasteiger partial charge is 0.374 e. The minimum absolute atomic E-state index is 0.728. The van der Waals surface area contributed by atoms with Crippen molar-refractivity contribution < 1.29 is 0 Å². The van der Waals surface area contributed by atoms with E-state index in [9.17, 15) is 0 Å². The maximum Gasteiger partial charge on any atom is 0.0991 e. The predicted molar refractivity (Wildman–Crippen MR) is 74.6 cm³/mol. The van der Waals surface area contributed by atoms with Crippen LogP contribution in [0.2, 0.25) is 0 Å². The Morgan fingerprint density at radius 1 is 1.28 bits per heavy atom. The summed E-state index contributed by atoms with van der Waals surface area (Å²) in [5, 5.41) is 8.78. The van der Waals surface area contributed by atoms with E-state index in [0.717, 1.165) is 18.0 Å². The van der Waals surface area contributed by atoms with E-state index in [-0.39, 0.29) is 0 Å². The molecule has 1 aliphatic heterocycles. The van der Waals surface area contributed by atoms with Crippen molar-refractivity contribution in [1.29, 1.82) is 5.26 Å². The Labute approximate surface area is 110 Å². The minimum atomic E-state index is 0.728. The molecule has 1 aromatic carbocycles. The molecule has 1 saturated heterocycles. The number of rotatable bonds is 3. The highest BCUT2D eigenvalue weighted by Gasteiger charge is 2.18. The Bertz CT molecular complexity index is 410. The van der Waals surface area contributed by atoms with Crippen LogP contribution in [0.25, 0.3) is 0 Å². The van der Waals surface area contributed by atoms with E-state index in [1.54, 1.807) is 0 Å². The highest BCUT2D eigenvalue weighted by atomic mass is 15.1. The zero-order valence-electron chi connectivity index (χ0n) is 11.3. The van der Waals surface area contributed by atoms with Crippen LogP contribution >= 0.6 is 0 Å². The molecule has 2 rings (SSSR count). The molecule has 96 valence electrons. The first-order chi connectivity index (χ1) is 8.69. The van der Waals surface area contributed by atoms with Crippen molar-refractivity contribution in [2.45, 2.75) is 12.8 Å². The summed E-state index contributed by atoms with van der Waals surface area (Å²) in [6, 6.07) is 10.0. The predicted octanol–water partition coefficient (Wildman–Crippen LogP) is 2.34. The van der Waals surface area contributed by atoms with Crippen molar-refractivity contribution in [2.24, 2.45) is 5.92 Å². The lowest BCUT2D eigenvalue weighted by Crippen LogP contribution is -2.35. The molecule has 0 atom stereocenters. The van der Waals surface area contributed by atoms with Crippen molar-refractivity contribution >= 4 is 5.69 Å². The van der Waals surface area contributed by atoms with Gasteiger partial charge in [-0.05, 0) is 63.2 Å². The van der Waals surface area contributed by atoms with Crippen molar-refractivity contribution in [3.63, 3.8) is 0 Å². The summed E-state index contributed by atoms with van der Waals surface area (Å²) in [5.74, 6) is 0.793. The summed E-state index contributed by atoms with van der Waals surface area (Å²) in [6.45, 7) is 3.54. The first-order valence-electron chi connectivity index (χ1n) is 6.59. The van der Waals surface area contributed by atoms with Gasteiger partial charge in [-0.25, -0.2) is 0 Å². The Hall–Kier alpha value is -1.53. The third-order valence-corrected chi connectivity index (χ3v) is 3.81. The Morgan fingerprint density at radius 2 is 1.89 bits per heavy atom. The van der Waals surface area contributed by atoms with Crippen molar-refractivity contribution in [2.75, 3.05) is 38.6 Å². The third kappa shape index (κ3) is 3.24. The van der Waals surface area contributed by atoms with Gasteiger partial charge in [0.1, 0.15) is 0 Å². The SMILES string of the molecule is CN1CCC(CN(C)c2ccc(C#N)cc2)CC1. The first-order valence-corrected chi connectivity index (χ1v) is 6.59. The van der Waals surface area contributed by atoms with E-state index in [0.29, 0.717) is 0 Å². The average Bonchev–Trinajstić information content (AvgIpc) is 2.41. The second kappa shape index (κ2) is 5.88. The maximum atomic E-state index is 8.78. The number of nitrogens with zero attached hydrogens (tertiary/aromatic N) is 3. The van der Waals surface area contributed by atoms with Crippen LogP contribution in [-0.2, 0) is 0 Å². The normalized spacial score (nSPS) is 17.4. The lowest BCUT2D eigenvalue weighted by atomic mass is 9.96. The topological polar surface area (TPSA) is 30.3 Å². The van der Waals surface area contributed by atoms with Gasteiger partial charge in [-0.3, -0.25) is 0 Å². The molecule has 0 radical (unpaired) electrons. The van der Waals surface area contributed by atoms with Crippen LogP contribution in [0, 0.1) is 17.2 Å². The zero-order valence-corrected chi connectivity index (χ0v) is 11.3. The molecule has 0 unspecified atom stereocenters. The summed E-state index contributed by atoms with van der Waals surface area (Å²) in [4.78, 5) is 4.70. The molecule has 1 aromatic rings. The van der Waals surface area contributed by atoms with E-state index < -0.39 is 0 Å². The molecule has 3 nitrogen and oxygen atoms in total. The van der Waals surface area contributed by atoms with E-state index in [1.165, 1.54) is 31.6 Å². The van der Waals surface area contributed by atoms with Gasteiger partial charge in [-0.15, -0.1) is 0 Å². The Morgan fingerprint density at radius 3 is 2.44 bits per heavy atom. The number of benzene rings is 1. The van der Waals surface area contributed by atoms with Gasteiger partial charge in [0.05, 0.1) is 11.6 Å². The summed E-state index contributed by atoms with van der Waals surface area (Å²) < 4.78 is 0. The van der Waals surface area contributed by atoms with E-state index >= 15 is 0 Å². The van der Waals surface area contributed by atoms with Gasteiger partial charge in [0.2, 0.25) is 0 Å². The second-order valence-corrected chi connectivity index (χ2v) is 5.29. The Kier molecular flexibility index (Phi) is 4.22. The standard InChI is InChI=1S/C15H21N3/c1-17-9-7-14(8-10-17)12-18(2)15-5-3-13(11-16)4-6-15/h3-6,14H,7-10,12H2,1-2H3. The Balaban J connectivity index is 1.91. The molecule has 0 bridgehead atoms. The molecule has 1 heterocycles. The molecule has 18 heavy (non-hydrogen) atoms. The molecular weight excluding hydrogens is 222 g/mol. The summed E-state index contributed by atoms with van der Waals surface area (Å²) in [6.07, 6.45) is 2.58. The molecule has 0 spiro atoms. The van der Waals surface area contributed by atoms with Gasteiger partial charge in [-0.1, -0.05) is 0 Å². The van der Waals surface area contributed by atoms with Gasteiger partial charge in [0, 0.05) is 19.3 Å².